The summed E-state index contributed by atoms with van der Waals surface area (Å²) in [6.45, 7) is 3.83. The lowest BCUT2D eigenvalue weighted by molar-refractivity contribution is -0.156. The maximum absolute atomic E-state index is 11.9. The van der Waals surface area contributed by atoms with Gasteiger partial charge >= 0.3 is 12.0 Å². The third-order valence-corrected chi connectivity index (χ3v) is 6.42. The molecule has 0 spiro atoms. The molecule has 2 fully saturated rings. The van der Waals surface area contributed by atoms with Gasteiger partial charge in [0.1, 0.15) is 0 Å². The molecule has 0 saturated carbocycles. The van der Waals surface area contributed by atoms with E-state index in [1.54, 1.807) is 0 Å². The third kappa shape index (κ3) is 8.35. The van der Waals surface area contributed by atoms with E-state index in [9.17, 15) is 19.2 Å². The van der Waals surface area contributed by atoms with Crippen LogP contribution in [-0.2, 0) is 19.2 Å². The molecule has 162 valence electrons. The molecule has 10 heteroatoms. The fourth-order valence-corrected chi connectivity index (χ4v) is 4.90. The Kier molecular flexibility index (Phi) is 9.82. The first-order valence-electron chi connectivity index (χ1n) is 10.1. The minimum Gasteiger partial charge on any atom is -0.356 e. The third-order valence-electron chi connectivity index (χ3n) is 4.91. The molecule has 0 aromatic rings. The van der Waals surface area contributed by atoms with Crippen molar-refractivity contribution in [2.75, 3.05) is 12.3 Å². The summed E-state index contributed by atoms with van der Waals surface area (Å²) in [4.78, 5) is 50.0. The molecule has 2 aliphatic heterocycles. The van der Waals surface area contributed by atoms with Crippen LogP contribution in [0.15, 0.2) is 12.7 Å². The Bertz CT molecular complexity index is 615. The molecular formula is C19H30N4O5S. The molecule has 0 radical (unpaired) electrons. The number of hydrogen-bond acceptors (Lipinski definition) is 6. The summed E-state index contributed by atoms with van der Waals surface area (Å²) in [6, 6.07) is 0.395. The zero-order chi connectivity index (χ0) is 21.1. The molecular weight excluding hydrogens is 396 g/mol. The average molecular weight is 427 g/mol. The monoisotopic (exact) mass is 426 g/mol. The maximum atomic E-state index is 11.9. The standard InChI is InChI=1S/C19H30N4O5S/c1-2-15(24)23-28-17(26)10-4-3-7-11-20-16(25)9-6-5-8-14-18-13(12-29-14)21-19(27)22-18/h2,13-14,18H,1,3-12H2,(H,20,25)(H,23,24)(H2,21,22,27)/t13-,14-,18-/m0/s1. The molecule has 0 aromatic heterocycles. The number of carbonyl (C=O) groups is 4. The molecule has 0 aliphatic carbocycles. The van der Waals surface area contributed by atoms with Crippen LogP contribution >= 0.6 is 11.8 Å². The number of fused-ring (bicyclic) bond motifs is 1. The quantitative estimate of drug-likeness (QED) is 0.161. The van der Waals surface area contributed by atoms with Gasteiger partial charge in [0.05, 0.1) is 12.1 Å². The average Bonchev–Trinajstić information content (AvgIpc) is 3.25. The Labute approximate surface area is 175 Å². The van der Waals surface area contributed by atoms with Crippen molar-refractivity contribution in [3.05, 3.63) is 12.7 Å². The molecule has 9 nitrogen and oxygen atoms in total. The van der Waals surface area contributed by atoms with Crippen LogP contribution in [0.1, 0.15) is 51.4 Å². The Morgan fingerprint density at radius 1 is 1.14 bits per heavy atom. The lowest BCUT2D eigenvalue weighted by Crippen LogP contribution is -2.36. The normalized spacial score (nSPS) is 22.2. The van der Waals surface area contributed by atoms with Crippen molar-refractivity contribution < 1.29 is 24.0 Å². The van der Waals surface area contributed by atoms with Gasteiger partial charge in [-0.3, -0.25) is 9.59 Å². The molecule has 0 aromatic carbocycles. The molecule has 2 aliphatic rings. The summed E-state index contributed by atoms with van der Waals surface area (Å²) in [7, 11) is 0. The number of hydrogen-bond donors (Lipinski definition) is 4. The first kappa shape index (κ1) is 23.1. The second-order valence-corrected chi connectivity index (χ2v) is 8.44. The molecule has 4 amide bonds. The van der Waals surface area contributed by atoms with Gasteiger partial charge < -0.3 is 20.8 Å². The van der Waals surface area contributed by atoms with Gasteiger partial charge in [0, 0.05) is 30.4 Å². The Balaban J connectivity index is 1.40. The maximum Gasteiger partial charge on any atom is 0.332 e. The summed E-state index contributed by atoms with van der Waals surface area (Å²) in [5, 5.41) is 9.23. The highest BCUT2D eigenvalue weighted by molar-refractivity contribution is 8.00. The zero-order valence-corrected chi connectivity index (χ0v) is 17.4. The van der Waals surface area contributed by atoms with Crippen LogP contribution in [0.5, 0.6) is 0 Å². The van der Waals surface area contributed by atoms with Crippen LogP contribution in [0.4, 0.5) is 4.79 Å². The van der Waals surface area contributed by atoms with Crippen molar-refractivity contribution in [3.8, 4) is 0 Å². The van der Waals surface area contributed by atoms with E-state index in [-0.39, 0.29) is 30.4 Å². The van der Waals surface area contributed by atoms with Crippen LogP contribution in [0.25, 0.3) is 0 Å². The highest BCUT2D eigenvalue weighted by Crippen LogP contribution is 2.33. The highest BCUT2D eigenvalue weighted by atomic mass is 32.2. The van der Waals surface area contributed by atoms with Gasteiger partial charge in [-0.15, -0.1) is 0 Å². The molecule has 0 bridgehead atoms. The van der Waals surface area contributed by atoms with Crippen LogP contribution in [0, 0.1) is 0 Å². The van der Waals surface area contributed by atoms with Gasteiger partial charge in [0.2, 0.25) is 5.91 Å². The number of hydroxylamine groups is 1. The molecule has 2 saturated heterocycles. The van der Waals surface area contributed by atoms with Crippen molar-refractivity contribution in [1.29, 1.82) is 0 Å². The predicted molar refractivity (Wildman–Crippen MR) is 110 cm³/mol. The summed E-state index contributed by atoms with van der Waals surface area (Å²) in [5.41, 5.74) is 1.97. The number of carbonyl (C=O) groups excluding carboxylic acids is 4. The van der Waals surface area contributed by atoms with E-state index in [1.165, 1.54) is 0 Å². The summed E-state index contributed by atoms with van der Waals surface area (Å²) < 4.78 is 0. The number of urea groups is 1. The van der Waals surface area contributed by atoms with Crippen molar-refractivity contribution in [2.45, 2.75) is 68.7 Å². The number of amides is 4. The first-order valence-corrected chi connectivity index (χ1v) is 11.1. The first-order chi connectivity index (χ1) is 14.0. The topological polar surface area (TPSA) is 126 Å². The van der Waals surface area contributed by atoms with E-state index in [1.807, 2.05) is 17.2 Å². The smallest absolute Gasteiger partial charge is 0.332 e. The largest absolute Gasteiger partial charge is 0.356 e. The Morgan fingerprint density at radius 3 is 2.72 bits per heavy atom. The van der Waals surface area contributed by atoms with Crippen molar-refractivity contribution in [2.24, 2.45) is 0 Å². The molecule has 3 atom stereocenters. The van der Waals surface area contributed by atoms with E-state index in [2.05, 4.69) is 27.4 Å². The second-order valence-electron chi connectivity index (χ2n) is 7.17. The zero-order valence-electron chi connectivity index (χ0n) is 16.5. The van der Waals surface area contributed by atoms with E-state index >= 15 is 0 Å². The van der Waals surface area contributed by atoms with Crippen molar-refractivity contribution in [3.63, 3.8) is 0 Å². The van der Waals surface area contributed by atoms with Crippen LogP contribution in [0.3, 0.4) is 0 Å². The molecule has 4 N–H and O–H groups in total. The molecule has 0 unspecified atom stereocenters. The van der Waals surface area contributed by atoms with Gasteiger partial charge in [-0.25, -0.2) is 9.59 Å². The van der Waals surface area contributed by atoms with E-state index in [0.29, 0.717) is 24.6 Å². The van der Waals surface area contributed by atoms with Crippen LogP contribution in [-0.4, -0.2) is 53.4 Å². The Hall–Kier alpha value is -2.23. The molecule has 2 heterocycles. The van der Waals surface area contributed by atoms with Crippen molar-refractivity contribution in [1.82, 2.24) is 21.4 Å². The second kappa shape index (κ2) is 12.4. The number of unbranched alkanes of at least 4 members (excludes halogenated alkanes) is 3. The summed E-state index contributed by atoms with van der Waals surface area (Å²) >= 11 is 1.89. The van der Waals surface area contributed by atoms with Crippen LogP contribution in [0.2, 0.25) is 0 Å². The summed E-state index contributed by atoms with van der Waals surface area (Å²) in [6.07, 6.45) is 6.74. The summed E-state index contributed by atoms with van der Waals surface area (Å²) in [5.74, 6) is -0.0572. The fourth-order valence-electron chi connectivity index (χ4n) is 3.36. The van der Waals surface area contributed by atoms with Gasteiger partial charge in [0.25, 0.3) is 5.91 Å². The predicted octanol–water partition coefficient (Wildman–Crippen LogP) is 1.15. The lowest BCUT2D eigenvalue weighted by atomic mass is 10.0. The lowest BCUT2D eigenvalue weighted by Gasteiger charge is -2.16. The fraction of sp³-hybridized carbons (Fsp3) is 0.684. The van der Waals surface area contributed by atoms with Gasteiger partial charge in [-0.05, 0) is 31.8 Å². The SMILES string of the molecule is C=CC(=O)NOC(=O)CCCCCNC(=O)CCCC[C@@H]1SC[C@@H]2NC(=O)N[C@@H]21. The highest BCUT2D eigenvalue weighted by Gasteiger charge is 2.42. The minimum atomic E-state index is -0.561. The van der Waals surface area contributed by atoms with E-state index in [0.717, 1.165) is 43.9 Å². The number of rotatable bonds is 12. The minimum absolute atomic E-state index is 0.0457. The Morgan fingerprint density at radius 2 is 1.93 bits per heavy atom. The van der Waals surface area contributed by atoms with Gasteiger partial charge in [-0.2, -0.15) is 17.2 Å². The number of thioether (sulfide) groups is 1. The number of nitrogens with one attached hydrogen (secondary N) is 4. The van der Waals surface area contributed by atoms with Gasteiger partial charge in [0.15, 0.2) is 0 Å². The van der Waals surface area contributed by atoms with Crippen molar-refractivity contribution >= 4 is 35.6 Å². The van der Waals surface area contributed by atoms with Gasteiger partial charge in [-0.1, -0.05) is 19.4 Å². The molecule has 2 rings (SSSR count). The van der Waals surface area contributed by atoms with E-state index < -0.39 is 11.9 Å². The van der Waals surface area contributed by atoms with Crippen LogP contribution < -0.4 is 21.4 Å². The van der Waals surface area contributed by atoms with E-state index in [4.69, 9.17) is 0 Å². The molecule has 29 heavy (non-hydrogen) atoms.